The van der Waals surface area contributed by atoms with E-state index in [1.54, 1.807) is 17.1 Å². The van der Waals surface area contributed by atoms with Gasteiger partial charge in [0, 0.05) is 31.5 Å². The molecule has 3 aromatic heterocycles. The maximum absolute atomic E-state index is 11.7. The molecule has 0 aliphatic carbocycles. The molecule has 0 aromatic carbocycles. The summed E-state index contributed by atoms with van der Waals surface area (Å²) in [5.41, 5.74) is 2.45. The lowest BCUT2D eigenvalue weighted by atomic mass is 10.1. The van der Waals surface area contributed by atoms with Gasteiger partial charge in [0.25, 0.3) is 0 Å². The molecule has 1 fully saturated rings. The Morgan fingerprint density at radius 3 is 2.73 bits per heavy atom. The minimum absolute atomic E-state index is 0.103. The summed E-state index contributed by atoms with van der Waals surface area (Å²) in [5.74, 6) is 1.89. The van der Waals surface area contributed by atoms with Gasteiger partial charge in [0.1, 0.15) is 5.82 Å². The van der Waals surface area contributed by atoms with E-state index in [-0.39, 0.29) is 17.4 Å². The summed E-state index contributed by atoms with van der Waals surface area (Å²) in [5, 5.41) is 8.67. The van der Waals surface area contributed by atoms with Crippen LogP contribution in [-0.4, -0.2) is 51.2 Å². The molecule has 0 amide bonds. The minimum Gasteiger partial charge on any atom is -0.369 e. The van der Waals surface area contributed by atoms with Crippen LogP contribution in [0, 0.1) is 12.8 Å². The fourth-order valence-electron chi connectivity index (χ4n) is 3.37. The molecular formula is C17H20N6O2S. The summed E-state index contributed by atoms with van der Waals surface area (Å²) in [6.45, 7) is 2.48. The van der Waals surface area contributed by atoms with Crippen LogP contribution >= 0.6 is 0 Å². The first-order valence-electron chi connectivity index (χ1n) is 8.49. The van der Waals surface area contributed by atoms with Crippen molar-refractivity contribution in [3.05, 3.63) is 30.2 Å². The van der Waals surface area contributed by atoms with E-state index in [1.165, 1.54) is 0 Å². The Bertz CT molecular complexity index is 1060. The van der Waals surface area contributed by atoms with E-state index in [2.05, 4.69) is 25.4 Å². The average molecular weight is 372 g/mol. The Morgan fingerprint density at radius 2 is 2.04 bits per heavy atom. The van der Waals surface area contributed by atoms with Crippen LogP contribution in [0.3, 0.4) is 0 Å². The fourth-order valence-corrected chi connectivity index (χ4v) is 5.23. The van der Waals surface area contributed by atoms with Crippen LogP contribution in [0.15, 0.2) is 24.5 Å². The Balaban J connectivity index is 1.72. The number of fused-ring (bicyclic) bond motifs is 1. The molecule has 4 heterocycles. The van der Waals surface area contributed by atoms with Crippen LogP contribution in [0.25, 0.3) is 22.4 Å². The number of hydrogen-bond acceptors (Lipinski definition) is 7. The molecule has 0 radical (unpaired) electrons. The zero-order chi connectivity index (χ0) is 18.3. The maximum Gasteiger partial charge on any atom is 0.164 e. The lowest BCUT2D eigenvalue weighted by Crippen LogP contribution is -2.17. The van der Waals surface area contributed by atoms with E-state index in [9.17, 15) is 8.42 Å². The van der Waals surface area contributed by atoms with Gasteiger partial charge in [0.2, 0.25) is 0 Å². The van der Waals surface area contributed by atoms with Crippen LogP contribution in [0.5, 0.6) is 0 Å². The first kappa shape index (κ1) is 16.9. The Hall–Kier alpha value is -2.55. The molecule has 1 unspecified atom stereocenters. The van der Waals surface area contributed by atoms with E-state index in [0.29, 0.717) is 24.6 Å². The van der Waals surface area contributed by atoms with E-state index in [0.717, 1.165) is 22.3 Å². The van der Waals surface area contributed by atoms with Gasteiger partial charge in [-0.1, -0.05) is 0 Å². The van der Waals surface area contributed by atoms with Gasteiger partial charge in [-0.3, -0.25) is 9.67 Å². The van der Waals surface area contributed by atoms with Crippen LogP contribution in [0.2, 0.25) is 0 Å². The quantitative estimate of drug-likeness (QED) is 0.741. The second-order valence-corrected chi connectivity index (χ2v) is 8.92. The fraction of sp³-hybridized carbons (Fsp3) is 0.412. The van der Waals surface area contributed by atoms with Gasteiger partial charge >= 0.3 is 0 Å². The zero-order valence-corrected chi connectivity index (χ0v) is 15.5. The molecule has 1 aliphatic rings. The molecule has 26 heavy (non-hydrogen) atoms. The molecule has 1 saturated heterocycles. The highest BCUT2D eigenvalue weighted by Crippen LogP contribution is 2.28. The Kier molecular flexibility index (Phi) is 4.10. The molecule has 1 aliphatic heterocycles. The summed E-state index contributed by atoms with van der Waals surface area (Å²) in [6, 6.07) is 3.72. The van der Waals surface area contributed by atoms with Crippen molar-refractivity contribution in [2.24, 2.45) is 13.0 Å². The van der Waals surface area contributed by atoms with Gasteiger partial charge in [0.15, 0.2) is 21.3 Å². The predicted octanol–water partition coefficient (Wildman–Crippen LogP) is 1.58. The van der Waals surface area contributed by atoms with E-state index in [1.807, 2.05) is 26.1 Å². The summed E-state index contributed by atoms with van der Waals surface area (Å²) in [4.78, 5) is 13.4. The Morgan fingerprint density at radius 1 is 1.27 bits per heavy atom. The van der Waals surface area contributed by atoms with Crippen molar-refractivity contribution in [3.8, 4) is 11.4 Å². The molecule has 0 spiro atoms. The first-order valence-corrected chi connectivity index (χ1v) is 10.3. The third-order valence-electron chi connectivity index (χ3n) is 4.68. The SMILES string of the molecule is Cc1nn(C)c2nc(-c3ccncc3)nc(NCC3CCS(=O)(=O)C3)c12. The van der Waals surface area contributed by atoms with Gasteiger partial charge in [-0.2, -0.15) is 5.10 Å². The normalized spacial score (nSPS) is 19.1. The van der Waals surface area contributed by atoms with Crippen molar-refractivity contribution in [3.63, 3.8) is 0 Å². The number of hydrogen-bond donors (Lipinski definition) is 1. The molecule has 0 bridgehead atoms. The minimum atomic E-state index is -2.89. The summed E-state index contributed by atoms with van der Waals surface area (Å²) < 4.78 is 25.1. The number of aromatic nitrogens is 5. The van der Waals surface area contributed by atoms with Crippen molar-refractivity contribution in [2.75, 3.05) is 23.4 Å². The molecule has 1 atom stereocenters. The highest BCUT2D eigenvalue weighted by molar-refractivity contribution is 7.91. The highest BCUT2D eigenvalue weighted by atomic mass is 32.2. The van der Waals surface area contributed by atoms with Crippen molar-refractivity contribution >= 4 is 26.7 Å². The second-order valence-electron chi connectivity index (χ2n) is 6.69. The van der Waals surface area contributed by atoms with Crippen molar-refractivity contribution in [2.45, 2.75) is 13.3 Å². The molecule has 0 saturated carbocycles. The van der Waals surface area contributed by atoms with Crippen LogP contribution in [-0.2, 0) is 16.9 Å². The average Bonchev–Trinajstić information content (AvgIpc) is 3.12. The lowest BCUT2D eigenvalue weighted by Gasteiger charge is -2.12. The molecule has 9 heteroatoms. The number of anilines is 1. The maximum atomic E-state index is 11.7. The monoisotopic (exact) mass is 372 g/mol. The second kappa shape index (κ2) is 6.31. The topological polar surface area (TPSA) is 103 Å². The van der Waals surface area contributed by atoms with Crippen LogP contribution in [0.1, 0.15) is 12.1 Å². The number of pyridine rings is 1. The molecule has 136 valence electrons. The highest BCUT2D eigenvalue weighted by Gasteiger charge is 2.28. The number of nitrogens with zero attached hydrogens (tertiary/aromatic N) is 5. The van der Waals surface area contributed by atoms with Gasteiger partial charge in [0.05, 0.1) is 22.6 Å². The van der Waals surface area contributed by atoms with Crippen molar-refractivity contribution in [1.82, 2.24) is 24.7 Å². The first-order chi connectivity index (χ1) is 12.4. The molecular weight excluding hydrogens is 352 g/mol. The smallest absolute Gasteiger partial charge is 0.164 e. The van der Waals surface area contributed by atoms with Crippen molar-refractivity contribution < 1.29 is 8.42 Å². The number of rotatable bonds is 4. The number of aryl methyl sites for hydroxylation is 2. The van der Waals surface area contributed by atoms with E-state index >= 15 is 0 Å². The molecule has 8 nitrogen and oxygen atoms in total. The number of nitrogens with one attached hydrogen (secondary N) is 1. The third-order valence-corrected chi connectivity index (χ3v) is 6.52. The van der Waals surface area contributed by atoms with Crippen LogP contribution < -0.4 is 5.32 Å². The van der Waals surface area contributed by atoms with E-state index < -0.39 is 9.84 Å². The zero-order valence-electron chi connectivity index (χ0n) is 14.7. The predicted molar refractivity (Wildman–Crippen MR) is 99.5 cm³/mol. The van der Waals surface area contributed by atoms with Crippen molar-refractivity contribution in [1.29, 1.82) is 0 Å². The summed E-state index contributed by atoms with van der Waals surface area (Å²) >= 11 is 0. The largest absolute Gasteiger partial charge is 0.369 e. The third kappa shape index (κ3) is 3.14. The Labute approximate surface area is 151 Å². The number of sulfone groups is 1. The standard InChI is InChI=1S/C17H20N6O2S/c1-11-14-16(19-9-12-5-8-26(24,25)10-12)20-15(13-3-6-18-7-4-13)21-17(14)23(2)22-11/h3-4,6-7,12H,5,8-10H2,1-2H3,(H,19,20,21). The molecule has 4 rings (SSSR count). The van der Waals surface area contributed by atoms with Gasteiger partial charge in [-0.25, -0.2) is 18.4 Å². The summed E-state index contributed by atoms with van der Waals surface area (Å²) in [6.07, 6.45) is 4.09. The van der Waals surface area contributed by atoms with Gasteiger partial charge in [-0.15, -0.1) is 0 Å². The molecule has 1 N–H and O–H groups in total. The van der Waals surface area contributed by atoms with E-state index in [4.69, 9.17) is 0 Å². The summed E-state index contributed by atoms with van der Waals surface area (Å²) in [7, 11) is -1.04. The lowest BCUT2D eigenvalue weighted by molar-refractivity contribution is 0.596. The van der Waals surface area contributed by atoms with Gasteiger partial charge in [-0.05, 0) is 31.4 Å². The van der Waals surface area contributed by atoms with Crippen LogP contribution in [0.4, 0.5) is 5.82 Å². The molecule has 3 aromatic rings. The van der Waals surface area contributed by atoms with Gasteiger partial charge < -0.3 is 5.32 Å².